The molecular weight excluding hydrogens is 354 g/mol. The van der Waals surface area contributed by atoms with Crippen molar-refractivity contribution in [3.8, 4) is 0 Å². The first-order valence-corrected chi connectivity index (χ1v) is 10.7. The molecule has 1 aromatic heterocycles. The molecule has 7 nitrogen and oxygen atoms in total. The van der Waals surface area contributed by atoms with E-state index in [0.717, 1.165) is 64.1 Å². The summed E-state index contributed by atoms with van der Waals surface area (Å²) in [6, 6.07) is 2.23. The van der Waals surface area contributed by atoms with Crippen molar-refractivity contribution in [3.05, 3.63) is 18.5 Å². The summed E-state index contributed by atoms with van der Waals surface area (Å²) in [5.74, 6) is 1.44. The maximum Gasteiger partial charge on any atom is 0.233 e. The molecule has 1 aliphatic carbocycles. The number of anilines is 1. The van der Waals surface area contributed by atoms with Gasteiger partial charge in [-0.1, -0.05) is 13.3 Å². The lowest BCUT2D eigenvalue weighted by molar-refractivity contribution is -0.140. The number of aromatic nitrogens is 2. The van der Waals surface area contributed by atoms with Gasteiger partial charge in [0.1, 0.15) is 0 Å². The van der Waals surface area contributed by atoms with Crippen LogP contribution in [0, 0.1) is 17.8 Å². The molecule has 4 rings (SSSR count). The van der Waals surface area contributed by atoms with Crippen molar-refractivity contribution < 1.29 is 9.59 Å². The average molecular weight is 386 g/mol. The van der Waals surface area contributed by atoms with E-state index in [9.17, 15) is 9.59 Å². The Balaban J connectivity index is 1.22. The van der Waals surface area contributed by atoms with Gasteiger partial charge in [0.15, 0.2) is 0 Å². The highest BCUT2D eigenvalue weighted by molar-refractivity contribution is 6.05. The van der Waals surface area contributed by atoms with Crippen molar-refractivity contribution in [2.45, 2.75) is 51.5 Å². The van der Waals surface area contributed by atoms with E-state index in [1.165, 1.54) is 0 Å². The molecule has 1 N–H and O–H groups in total. The molecule has 3 fully saturated rings. The Labute approximate surface area is 166 Å². The minimum atomic E-state index is -0.0457. The highest BCUT2D eigenvalue weighted by Crippen LogP contribution is 2.40. The van der Waals surface area contributed by atoms with Crippen molar-refractivity contribution >= 4 is 17.8 Å². The lowest BCUT2D eigenvalue weighted by atomic mass is 9.76. The molecule has 2 amide bonds. The molecular formula is C21H31N5O2. The fraction of sp³-hybridized carbons (Fsp3) is 0.714. The second-order valence-corrected chi connectivity index (χ2v) is 8.60. The number of amides is 2. The number of piperazine rings is 1. The Morgan fingerprint density at radius 2 is 1.89 bits per heavy atom. The first-order chi connectivity index (χ1) is 13.6. The van der Waals surface area contributed by atoms with Gasteiger partial charge in [0.25, 0.3) is 0 Å². The van der Waals surface area contributed by atoms with Crippen molar-refractivity contribution in [1.29, 1.82) is 0 Å². The molecule has 1 aromatic rings. The van der Waals surface area contributed by atoms with Crippen LogP contribution in [0.3, 0.4) is 0 Å². The summed E-state index contributed by atoms with van der Waals surface area (Å²) in [5.41, 5.74) is 0. The number of hydrogen-bond donors (Lipinski definition) is 1. The molecule has 152 valence electrons. The normalized spacial score (nSPS) is 30.6. The summed E-state index contributed by atoms with van der Waals surface area (Å²) in [6.45, 7) is 5.51. The Kier molecular flexibility index (Phi) is 5.90. The van der Waals surface area contributed by atoms with E-state index in [2.05, 4.69) is 27.1 Å². The quantitative estimate of drug-likeness (QED) is 0.595. The van der Waals surface area contributed by atoms with Gasteiger partial charge in [-0.05, 0) is 44.1 Å². The topological polar surface area (TPSA) is 78.4 Å². The Bertz CT molecular complexity index is 697. The summed E-state index contributed by atoms with van der Waals surface area (Å²) < 4.78 is 0. The molecule has 2 aliphatic heterocycles. The van der Waals surface area contributed by atoms with Crippen molar-refractivity contribution in [3.63, 3.8) is 0 Å². The van der Waals surface area contributed by atoms with Crippen LogP contribution in [0.15, 0.2) is 18.5 Å². The number of likely N-dealkylation sites (tertiary alicyclic amines) is 1. The molecule has 7 heteroatoms. The van der Waals surface area contributed by atoms with Crippen LogP contribution in [0.4, 0.5) is 5.95 Å². The van der Waals surface area contributed by atoms with Crippen LogP contribution >= 0.6 is 0 Å². The minimum Gasteiger partial charge on any atom is -0.338 e. The van der Waals surface area contributed by atoms with Crippen LogP contribution in [0.2, 0.25) is 0 Å². The maximum absolute atomic E-state index is 12.7. The van der Waals surface area contributed by atoms with Gasteiger partial charge in [0.2, 0.25) is 17.8 Å². The van der Waals surface area contributed by atoms with Gasteiger partial charge in [-0.15, -0.1) is 0 Å². The van der Waals surface area contributed by atoms with E-state index < -0.39 is 0 Å². The summed E-state index contributed by atoms with van der Waals surface area (Å²) in [6.07, 6.45) is 9.32. The molecule has 1 saturated carbocycles. The van der Waals surface area contributed by atoms with Crippen LogP contribution in [0.5, 0.6) is 0 Å². The molecule has 0 aromatic carbocycles. The summed E-state index contributed by atoms with van der Waals surface area (Å²) in [7, 11) is 0. The zero-order valence-electron chi connectivity index (χ0n) is 16.7. The predicted molar refractivity (Wildman–Crippen MR) is 107 cm³/mol. The Morgan fingerprint density at radius 3 is 2.71 bits per heavy atom. The third-order valence-electron chi connectivity index (χ3n) is 6.55. The molecule has 3 aliphatic rings. The van der Waals surface area contributed by atoms with Crippen molar-refractivity contribution in [1.82, 2.24) is 20.2 Å². The largest absolute Gasteiger partial charge is 0.338 e. The fourth-order valence-electron chi connectivity index (χ4n) is 4.99. The molecule has 0 spiro atoms. The predicted octanol–water partition coefficient (Wildman–Crippen LogP) is 1.85. The third-order valence-corrected chi connectivity index (χ3v) is 6.55. The highest BCUT2D eigenvalue weighted by atomic mass is 16.2. The zero-order valence-corrected chi connectivity index (χ0v) is 16.7. The van der Waals surface area contributed by atoms with Gasteiger partial charge in [-0.2, -0.15) is 0 Å². The monoisotopic (exact) mass is 385 g/mol. The van der Waals surface area contributed by atoms with Crippen LogP contribution in [-0.4, -0.2) is 58.9 Å². The van der Waals surface area contributed by atoms with Gasteiger partial charge >= 0.3 is 0 Å². The molecule has 2 saturated heterocycles. The first kappa shape index (κ1) is 19.3. The number of carbonyl (C=O) groups is 2. The van der Waals surface area contributed by atoms with Crippen LogP contribution in [-0.2, 0) is 9.59 Å². The Hall–Kier alpha value is -2.02. The Morgan fingerprint density at radius 1 is 1.11 bits per heavy atom. The average Bonchev–Trinajstić information content (AvgIpc) is 2.96. The second-order valence-electron chi connectivity index (χ2n) is 8.60. The van der Waals surface area contributed by atoms with Gasteiger partial charge in [0.05, 0.1) is 11.8 Å². The minimum absolute atomic E-state index is 0.0388. The molecule has 3 heterocycles. The summed E-state index contributed by atoms with van der Waals surface area (Å²) >= 11 is 0. The van der Waals surface area contributed by atoms with E-state index in [1.54, 1.807) is 17.3 Å². The fourth-order valence-corrected chi connectivity index (χ4v) is 4.99. The number of carbonyl (C=O) groups excluding carboxylic acids is 2. The van der Waals surface area contributed by atoms with Gasteiger partial charge in [0, 0.05) is 44.6 Å². The zero-order chi connectivity index (χ0) is 19.5. The number of unbranched alkanes of at least 4 members (excludes halogenated alkanes) is 1. The van der Waals surface area contributed by atoms with E-state index in [0.29, 0.717) is 18.5 Å². The van der Waals surface area contributed by atoms with E-state index in [1.807, 2.05) is 6.07 Å². The van der Waals surface area contributed by atoms with Crippen LogP contribution < -0.4 is 10.2 Å². The van der Waals surface area contributed by atoms with Crippen LogP contribution in [0.25, 0.3) is 0 Å². The lowest BCUT2D eigenvalue weighted by Crippen LogP contribution is -2.51. The van der Waals surface area contributed by atoms with Gasteiger partial charge in [-0.3, -0.25) is 14.5 Å². The maximum atomic E-state index is 12.7. The van der Waals surface area contributed by atoms with Crippen molar-refractivity contribution in [2.75, 3.05) is 31.1 Å². The van der Waals surface area contributed by atoms with Crippen LogP contribution in [0.1, 0.15) is 45.4 Å². The number of hydrogen-bond acceptors (Lipinski definition) is 6. The summed E-state index contributed by atoms with van der Waals surface area (Å²) in [4.78, 5) is 37.8. The first-order valence-electron chi connectivity index (χ1n) is 10.7. The number of nitrogens with zero attached hydrogens (tertiary/aromatic N) is 4. The van der Waals surface area contributed by atoms with Crippen molar-refractivity contribution in [2.24, 2.45) is 17.8 Å². The number of nitrogens with one attached hydrogen (secondary N) is 1. The lowest BCUT2D eigenvalue weighted by Gasteiger charge is -2.33. The third kappa shape index (κ3) is 4.04. The molecule has 4 atom stereocenters. The van der Waals surface area contributed by atoms with E-state index >= 15 is 0 Å². The molecule has 0 bridgehead atoms. The smallest absolute Gasteiger partial charge is 0.233 e. The van der Waals surface area contributed by atoms with Gasteiger partial charge in [-0.25, -0.2) is 9.97 Å². The SMILES string of the molecule is CC1CC[C@H]2C(=O)N(CCCCC3CN(c4ncccn4)CCN3)C(=O)[C@H]2C1. The number of fused-ring (bicyclic) bond motifs is 1. The number of imide groups is 1. The second kappa shape index (κ2) is 8.55. The molecule has 0 radical (unpaired) electrons. The molecule has 28 heavy (non-hydrogen) atoms. The van der Waals surface area contributed by atoms with E-state index in [4.69, 9.17) is 0 Å². The summed E-state index contributed by atoms with van der Waals surface area (Å²) in [5, 5.41) is 3.57. The highest BCUT2D eigenvalue weighted by Gasteiger charge is 2.48. The molecule has 2 unspecified atom stereocenters. The van der Waals surface area contributed by atoms with Gasteiger partial charge < -0.3 is 10.2 Å². The van der Waals surface area contributed by atoms with E-state index in [-0.39, 0.29) is 23.7 Å². The standard InChI is InChI=1S/C21H31N5O2/c1-15-6-7-17-18(13-15)20(28)26(19(17)27)11-3-2-5-16-14-25(12-10-22-16)21-23-8-4-9-24-21/h4,8-9,15-18,22H,2-3,5-7,10-14H2,1H3/t15?,16?,17-,18+/m1/s1. The number of rotatable bonds is 6.